The maximum absolute atomic E-state index is 12.5. The van der Waals surface area contributed by atoms with E-state index in [1.54, 1.807) is 6.07 Å². The highest BCUT2D eigenvalue weighted by molar-refractivity contribution is 9.10. The van der Waals surface area contributed by atoms with Crippen molar-refractivity contribution in [1.82, 2.24) is 9.47 Å². The van der Waals surface area contributed by atoms with Gasteiger partial charge < -0.3 is 14.6 Å². The molecule has 1 rings (SSSR count). The smallest absolute Gasteiger partial charge is 0.323 e. The summed E-state index contributed by atoms with van der Waals surface area (Å²) in [6.45, 7) is 6.11. The predicted molar refractivity (Wildman–Crippen MR) is 76.2 cm³/mol. The summed E-state index contributed by atoms with van der Waals surface area (Å²) in [5.41, 5.74) is 0.510. The molecule has 1 aromatic rings. The van der Waals surface area contributed by atoms with Gasteiger partial charge >= 0.3 is 5.97 Å². The van der Waals surface area contributed by atoms with Crippen LogP contribution < -0.4 is 0 Å². The molecule has 0 radical (unpaired) electrons. The Hall–Kier alpha value is -1.30. The molecule has 0 aromatic carbocycles. The van der Waals surface area contributed by atoms with E-state index < -0.39 is 5.97 Å². The van der Waals surface area contributed by atoms with Gasteiger partial charge in [0, 0.05) is 23.3 Å². The van der Waals surface area contributed by atoms with Gasteiger partial charge in [0.2, 0.25) is 0 Å². The van der Waals surface area contributed by atoms with Crippen molar-refractivity contribution in [3.8, 4) is 0 Å². The predicted octanol–water partition coefficient (Wildman–Crippen LogP) is 2.60. The molecule has 19 heavy (non-hydrogen) atoms. The van der Waals surface area contributed by atoms with E-state index in [1.165, 1.54) is 4.90 Å². The number of aliphatic carboxylic acids is 1. The summed E-state index contributed by atoms with van der Waals surface area (Å²) in [4.78, 5) is 24.8. The molecule has 0 aliphatic carbocycles. The maximum Gasteiger partial charge on any atom is 0.323 e. The lowest BCUT2D eigenvalue weighted by Crippen LogP contribution is -2.42. The Morgan fingerprint density at radius 1 is 1.47 bits per heavy atom. The molecule has 1 aromatic heterocycles. The number of carbonyl (C=O) groups is 2. The van der Waals surface area contributed by atoms with Crippen LogP contribution in [0.25, 0.3) is 0 Å². The fraction of sp³-hybridized carbons (Fsp3) is 0.538. The molecule has 0 aliphatic rings. The number of carbonyl (C=O) groups excluding carboxylic acids is 1. The minimum atomic E-state index is -0.998. The van der Waals surface area contributed by atoms with Crippen molar-refractivity contribution in [2.75, 3.05) is 6.54 Å². The number of rotatable bonds is 6. The summed E-state index contributed by atoms with van der Waals surface area (Å²) >= 11 is 3.34. The number of halogens is 1. The van der Waals surface area contributed by atoms with E-state index in [0.717, 1.165) is 4.47 Å². The Kier molecular flexibility index (Phi) is 5.60. The highest BCUT2D eigenvalue weighted by Gasteiger charge is 2.25. The first-order valence-electron chi connectivity index (χ1n) is 6.29. The second-order valence-corrected chi connectivity index (χ2v) is 5.33. The van der Waals surface area contributed by atoms with E-state index in [9.17, 15) is 9.59 Å². The van der Waals surface area contributed by atoms with Gasteiger partial charge in [0.15, 0.2) is 0 Å². The van der Waals surface area contributed by atoms with E-state index in [0.29, 0.717) is 18.7 Å². The lowest BCUT2D eigenvalue weighted by Gasteiger charge is -2.27. The van der Waals surface area contributed by atoms with Crippen LogP contribution in [0.4, 0.5) is 0 Å². The lowest BCUT2D eigenvalue weighted by atomic mass is 10.2. The molecule has 5 nitrogen and oxygen atoms in total. The van der Waals surface area contributed by atoms with Gasteiger partial charge in [0.25, 0.3) is 5.91 Å². The van der Waals surface area contributed by atoms with Gasteiger partial charge in [0.05, 0.1) is 0 Å². The molecule has 1 N–H and O–H groups in total. The number of amides is 1. The van der Waals surface area contributed by atoms with E-state index >= 15 is 0 Å². The molecule has 0 saturated carbocycles. The molecule has 1 unspecified atom stereocenters. The highest BCUT2D eigenvalue weighted by atomic mass is 79.9. The number of carboxylic acid groups (broad SMARTS) is 1. The van der Waals surface area contributed by atoms with Crippen LogP contribution in [0, 0.1) is 0 Å². The van der Waals surface area contributed by atoms with Gasteiger partial charge in [-0.2, -0.15) is 0 Å². The molecule has 1 heterocycles. The molecule has 106 valence electrons. The number of aromatic nitrogens is 1. The second kappa shape index (κ2) is 6.75. The van der Waals surface area contributed by atoms with Crippen molar-refractivity contribution in [3.63, 3.8) is 0 Å². The molecule has 6 heteroatoms. The number of nitrogens with zero attached hydrogens (tertiary/aromatic N) is 2. The molecule has 0 bridgehead atoms. The van der Waals surface area contributed by atoms with E-state index in [2.05, 4.69) is 15.9 Å². The molecule has 0 spiro atoms. The van der Waals surface area contributed by atoms with Crippen LogP contribution in [0.2, 0.25) is 0 Å². The zero-order valence-corrected chi connectivity index (χ0v) is 13.0. The Bertz CT molecular complexity index is 470. The molecule has 1 amide bonds. The molecule has 0 saturated heterocycles. The van der Waals surface area contributed by atoms with Crippen LogP contribution in [0.15, 0.2) is 16.7 Å². The Morgan fingerprint density at radius 3 is 2.58 bits per heavy atom. The third kappa shape index (κ3) is 3.83. The third-order valence-electron chi connectivity index (χ3n) is 3.11. The molecule has 1 atom stereocenters. The molecular weight excluding hydrogens is 312 g/mol. The number of hydrogen-bond acceptors (Lipinski definition) is 2. The van der Waals surface area contributed by atoms with Crippen LogP contribution >= 0.6 is 15.9 Å². The maximum atomic E-state index is 12.5. The largest absolute Gasteiger partial charge is 0.480 e. The summed E-state index contributed by atoms with van der Waals surface area (Å²) in [6.07, 6.45) is 2.54. The lowest BCUT2D eigenvalue weighted by molar-refractivity contribution is -0.138. The minimum Gasteiger partial charge on any atom is -0.480 e. The second-order valence-electron chi connectivity index (χ2n) is 4.41. The van der Waals surface area contributed by atoms with Crippen LogP contribution in [0.5, 0.6) is 0 Å². The van der Waals surface area contributed by atoms with E-state index in [1.807, 2.05) is 31.5 Å². The van der Waals surface area contributed by atoms with E-state index in [-0.39, 0.29) is 18.5 Å². The van der Waals surface area contributed by atoms with Crippen LogP contribution in [0.1, 0.15) is 37.7 Å². The van der Waals surface area contributed by atoms with Crippen LogP contribution in [0.3, 0.4) is 0 Å². The quantitative estimate of drug-likeness (QED) is 0.871. The average molecular weight is 331 g/mol. The van der Waals surface area contributed by atoms with Crippen LogP contribution in [-0.2, 0) is 11.3 Å². The van der Waals surface area contributed by atoms with Crippen molar-refractivity contribution in [2.24, 2.45) is 0 Å². The summed E-state index contributed by atoms with van der Waals surface area (Å²) in [5, 5.41) is 8.95. The first kappa shape index (κ1) is 15.8. The van der Waals surface area contributed by atoms with Crippen molar-refractivity contribution < 1.29 is 14.7 Å². The van der Waals surface area contributed by atoms with Crippen LogP contribution in [-0.4, -0.2) is 39.0 Å². The van der Waals surface area contributed by atoms with Gasteiger partial charge in [-0.1, -0.05) is 6.92 Å². The molecule has 0 fully saturated rings. The first-order valence-corrected chi connectivity index (χ1v) is 7.08. The Morgan fingerprint density at radius 2 is 2.11 bits per heavy atom. The summed E-state index contributed by atoms with van der Waals surface area (Å²) in [5.74, 6) is -1.24. The highest BCUT2D eigenvalue weighted by Crippen LogP contribution is 2.18. The number of aryl methyl sites for hydroxylation is 1. The van der Waals surface area contributed by atoms with Crippen molar-refractivity contribution in [2.45, 2.75) is 39.8 Å². The number of hydrogen-bond donors (Lipinski definition) is 1. The third-order valence-corrected chi connectivity index (χ3v) is 3.55. The van der Waals surface area contributed by atoms with E-state index in [4.69, 9.17) is 5.11 Å². The minimum absolute atomic E-state index is 0.109. The van der Waals surface area contributed by atoms with Crippen molar-refractivity contribution >= 4 is 27.8 Å². The van der Waals surface area contributed by atoms with Crippen molar-refractivity contribution in [3.05, 3.63) is 22.4 Å². The standard InChI is InChI=1S/C13H19BrN2O3/c1-4-9(3)16(8-12(17)18)13(19)11-6-10(14)7-15(11)5-2/h6-7,9H,4-5,8H2,1-3H3,(H,17,18). The zero-order chi connectivity index (χ0) is 14.6. The van der Waals surface area contributed by atoms with Gasteiger partial charge in [-0.15, -0.1) is 0 Å². The van der Waals surface area contributed by atoms with Crippen molar-refractivity contribution in [1.29, 1.82) is 0 Å². The molecular formula is C13H19BrN2O3. The van der Waals surface area contributed by atoms with Gasteiger partial charge in [0.1, 0.15) is 12.2 Å². The summed E-state index contributed by atoms with van der Waals surface area (Å²) < 4.78 is 2.63. The Labute approximate surface area is 121 Å². The molecule has 0 aliphatic heterocycles. The zero-order valence-electron chi connectivity index (χ0n) is 11.4. The topological polar surface area (TPSA) is 62.5 Å². The SMILES string of the molecule is CCC(C)N(CC(=O)O)C(=O)c1cc(Br)cn1CC. The number of carboxylic acids is 1. The van der Waals surface area contributed by atoms with Gasteiger partial charge in [-0.05, 0) is 42.3 Å². The Balaban J connectivity index is 3.07. The summed E-state index contributed by atoms with van der Waals surface area (Å²) in [6, 6.07) is 1.62. The van der Waals surface area contributed by atoms with Gasteiger partial charge in [-0.25, -0.2) is 0 Å². The fourth-order valence-electron chi connectivity index (χ4n) is 1.86. The fourth-order valence-corrected chi connectivity index (χ4v) is 2.32. The monoisotopic (exact) mass is 330 g/mol. The average Bonchev–Trinajstić information content (AvgIpc) is 2.75. The first-order chi connectivity index (χ1) is 8.90. The van der Waals surface area contributed by atoms with Gasteiger partial charge in [-0.3, -0.25) is 9.59 Å². The normalized spacial score (nSPS) is 12.2. The summed E-state index contributed by atoms with van der Waals surface area (Å²) in [7, 11) is 0.